The van der Waals surface area contributed by atoms with Crippen LogP contribution in [-0.2, 0) is 4.79 Å². The first-order valence-electron chi connectivity index (χ1n) is 5.64. The molecule has 1 aromatic heterocycles. The molecule has 0 aliphatic carbocycles. The van der Waals surface area contributed by atoms with E-state index in [1.807, 2.05) is 0 Å². The third-order valence-corrected chi connectivity index (χ3v) is 3.12. The highest BCUT2D eigenvalue weighted by atomic mass is 35.5. The van der Waals surface area contributed by atoms with Crippen LogP contribution in [0.3, 0.4) is 0 Å². The van der Waals surface area contributed by atoms with E-state index in [2.05, 4.69) is 9.97 Å². The van der Waals surface area contributed by atoms with Gasteiger partial charge < -0.3 is 10.6 Å². The van der Waals surface area contributed by atoms with E-state index in [0.29, 0.717) is 13.1 Å². The molecule has 2 N–H and O–H groups in total. The molecule has 1 aromatic rings. The smallest absolute Gasteiger partial charge is 0.274 e. The Morgan fingerprint density at radius 1 is 1.44 bits per heavy atom. The van der Waals surface area contributed by atoms with Crippen molar-refractivity contribution < 1.29 is 9.59 Å². The van der Waals surface area contributed by atoms with Crippen LogP contribution in [0.2, 0.25) is 5.15 Å². The molecule has 6 nitrogen and oxygen atoms in total. The predicted octanol–water partition coefficient (Wildman–Crippen LogP) is 0.467. The highest BCUT2D eigenvalue weighted by molar-refractivity contribution is 6.29. The van der Waals surface area contributed by atoms with Crippen molar-refractivity contribution in [2.24, 2.45) is 11.7 Å². The van der Waals surface area contributed by atoms with Gasteiger partial charge in [-0.1, -0.05) is 11.6 Å². The number of nitrogens with two attached hydrogens (primary N) is 1. The molecule has 2 amide bonds. The number of hydrogen-bond donors (Lipinski definition) is 1. The highest BCUT2D eigenvalue weighted by Gasteiger charge is 2.28. The van der Waals surface area contributed by atoms with Gasteiger partial charge in [0.15, 0.2) is 0 Å². The average Bonchev–Trinajstić information content (AvgIpc) is 2.38. The lowest BCUT2D eigenvalue weighted by Crippen LogP contribution is -2.44. The Morgan fingerprint density at radius 2 is 2.22 bits per heavy atom. The lowest BCUT2D eigenvalue weighted by atomic mass is 9.97. The number of amides is 2. The van der Waals surface area contributed by atoms with Crippen molar-refractivity contribution in [2.45, 2.75) is 12.8 Å². The standard InChI is InChI=1S/C11H13ClN4O2/c12-9-5-14-4-8(15-9)11(18)16-3-1-2-7(6-16)10(13)17/h4-5,7H,1-3,6H2,(H2,13,17). The number of rotatable bonds is 2. The van der Waals surface area contributed by atoms with Crippen LogP contribution in [0, 0.1) is 5.92 Å². The number of nitrogens with zero attached hydrogens (tertiary/aromatic N) is 3. The van der Waals surface area contributed by atoms with Gasteiger partial charge in [0.2, 0.25) is 5.91 Å². The van der Waals surface area contributed by atoms with Crippen LogP contribution in [0.15, 0.2) is 12.4 Å². The van der Waals surface area contributed by atoms with E-state index in [1.54, 1.807) is 4.90 Å². The van der Waals surface area contributed by atoms with Crippen molar-refractivity contribution in [3.63, 3.8) is 0 Å². The molecule has 1 aliphatic heterocycles. The molecule has 0 aromatic carbocycles. The topological polar surface area (TPSA) is 89.2 Å². The van der Waals surface area contributed by atoms with Gasteiger partial charge in [0, 0.05) is 13.1 Å². The van der Waals surface area contributed by atoms with E-state index in [-0.39, 0.29) is 28.6 Å². The zero-order chi connectivity index (χ0) is 13.1. The number of piperidine rings is 1. The van der Waals surface area contributed by atoms with Gasteiger partial charge in [-0.3, -0.25) is 14.6 Å². The van der Waals surface area contributed by atoms with E-state index < -0.39 is 0 Å². The van der Waals surface area contributed by atoms with Gasteiger partial charge in [-0.2, -0.15) is 0 Å². The molecule has 18 heavy (non-hydrogen) atoms. The number of halogens is 1. The highest BCUT2D eigenvalue weighted by Crippen LogP contribution is 2.18. The predicted molar refractivity (Wildman–Crippen MR) is 64.9 cm³/mol. The van der Waals surface area contributed by atoms with Crippen LogP contribution in [0.4, 0.5) is 0 Å². The monoisotopic (exact) mass is 268 g/mol. The number of likely N-dealkylation sites (tertiary alicyclic amines) is 1. The van der Waals surface area contributed by atoms with Gasteiger partial charge in [0.05, 0.1) is 18.3 Å². The summed E-state index contributed by atoms with van der Waals surface area (Å²) >= 11 is 5.69. The fraction of sp³-hybridized carbons (Fsp3) is 0.455. The molecule has 0 spiro atoms. The fourth-order valence-electron chi connectivity index (χ4n) is 2.00. The molecule has 1 aliphatic rings. The van der Waals surface area contributed by atoms with E-state index >= 15 is 0 Å². The molecule has 1 saturated heterocycles. The Hall–Kier alpha value is -1.69. The Kier molecular flexibility index (Phi) is 3.76. The minimum atomic E-state index is -0.371. The van der Waals surface area contributed by atoms with E-state index in [0.717, 1.165) is 12.8 Å². The lowest BCUT2D eigenvalue weighted by Gasteiger charge is -2.30. The number of hydrogen-bond acceptors (Lipinski definition) is 4. The molecular weight excluding hydrogens is 256 g/mol. The molecule has 1 fully saturated rings. The molecule has 7 heteroatoms. The summed E-state index contributed by atoms with van der Waals surface area (Å²) in [5, 5.41) is 0.171. The van der Waals surface area contributed by atoms with E-state index in [4.69, 9.17) is 17.3 Å². The van der Waals surface area contributed by atoms with Crippen molar-refractivity contribution in [2.75, 3.05) is 13.1 Å². The van der Waals surface area contributed by atoms with Gasteiger partial charge in [0.1, 0.15) is 10.8 Å². The quantitative estimate of drug-likeness (QED) is 0.844. The molecule has 2 rings (SSSR count). The van der Waals surface area contributed by atoms with Gasteiger partial charge in [-0.05, 0) is 12.8 Å². The van der Waals surface area contributed by atoms with Gasteiger partial charge in [-0.25, -0.2) is 4.98 Å². The second kappa shape index (κ2) is 5.30. The van der Waals surface area contributed by atoms with Crippen molar-refractivity contribution in [3.8, 4) is 0 Å². The molecule has 2 heterocycles. The van der Waals surface area contributed by atoms with Gasteiger partial charge >= 0.3 is 0 Å². The summed E-state index contributed by atoms with van der Waals surface area (Å²) in [5.41, 5.74) is 5.45. The van der Waals surface area contributed by atoms with Crippen LogP contribution in [0.1, 0.15) is 23.3 Å². The maximum Gasteiger partial charge on any atom is 0.274 e. The zero-order valence-corrected chi connectivity index (χ0v) is 10.4. The summed E-state index contributed by atoms with van der Waals surface area (Å²) in [4.78, 5) is 32.6. The Labute approximate surface area is 109 Å². The second-order valence-corrected chi connectivity index (χ2v) is 4.61. The molecule has 96 valence electrons. The molecule has 1 unspecified atom stereocenters. The molecule has 0 bridgehead atoms. The first-order chi connectivity index (χ1) is 8.58. The third-order valence-electron chi connectivity index (χ3n) is 2.94. The summed E-state index contributed by atoms with van der Waals surface area (Å²) in [6.45, 7) is 0.930. The number of carbonyl (C=O) groups is 2. The molecule has 1 atom stereocenters. The van der Waals surface area contributed by atoms with E-state index in [9.17, 15) is 9.59 Å². The maximum atomic E-state index is 12.1. The van der Waals surface area contributed by atoms with Crippen molar-refractivity contribution in [3.05, 3.63) is 23.2 Å². The Bertz CT molecular complexity index is 480. The first-order valence-corrected chi connectivity index (χ1v) is 6.02. The van der Waals surface area contributed by atoms with Crippen LogP contribution >= 0.6 is 11.6 Å². The fourth-order valence-corrected chi connectivity index (χ4v) is 2.15. The minimum absolute atomic E-state index is 0.171. The van der Waals surface area contributed by atoms with Gasteiger partial charge in [-0.15, -0.1) is 0 Å². The molecule has 0 saturated carbocycles. The largest absolute Gasteiger partial charge is 0.369 e. The molecule has 0 radical (unpaired) electrons. The summed E-state index contributed by atoms with van der Waals surface area (Å²) < 4.78 is 0. The van der Waals surface area contributed by atoms with Crippen LogP contribution in [0.5, 0.6) is 0 Å². The maximum absolute atomic E-state index is 12.1. The van der Waals surface area contributed by atoms with E-state index in [1.165, 1.54) is 12.4 Å². The summed E-state index contributed by atoms with van der Waals surface area (Å²) in [6.07, 6.45) is 4.20. The first kappa shape index (κ1) is 12.8. The minimum Gasteiger partial charge on any atom is -0.369 e. The summed E-state index contributed by atoms with van der Waals surface area (Å²) in [7, 11) is 0. The normalized spacial score (nSPS) is 19.6. The zero-order valence-electron chi connectivity index (χ0n) is 9.67. The Balaban J connectivity index is 2.11. The lowest BCUT2D eigenvalue weighted by molar-refractivity contribution is -0.123. The van der Waals surface area contributed by atoms with Crippen molar-refractivity contribution >= 4 is 23.4 Å². The third kappa shape index (κ3) is 2.76. The molecular formula is C11H13ClN4O2. The van der Waals surface area contributed by atoms with Crippen molar-refractivity contribution in [1.29, 1.82) is 0 Å². The van der Waals surface area contributed by atoms with Crippen LogP contribution in [0.25, 0.3) is 0 Å². The summed E-state index contributed by atoms with van der Waals surface area (Å²) in [6, 6.07) is 0. The SMILES string of the molecule is NC(=O)C1CCCN(C(=O)c2cncc(Cl)n2)C1. The van der Waals surface area contributed by atoms with Crippen molar-refractivity contribution in [1.82, 2.24) is 14.9 Å². The number of carbonyl (C=O) groups excluding carboxylic acids is 2. The summed E-state index contributed by atoms with van der Waals surface area (Å²) in [5.74, 6) is -0.921. The van der Waals surface area contributed by atoms with Gasteiger partial charge in [0.25, 0.3) is 5.91 Å². The van der Waals surface area contributed by atoms with Crippen LogP contribution in [-0.4, -0.2) is 39.8 Å². The van der Waals surface area contributed by atoms with Crippen LogP contribution < -0.4 is 5.73 Å². The average molecular weight is 269 g/mol. The number of aromatic nitrogens is 2. The number of primary amides is 1. The second-order valence-electron chi connectivity index (χ2n) is 4.22. The Morgan fingerprint density at radius 3 is 2.89 bits per heavy atom.